The number of piperidine rings is 1. The number of carboxylic acid groups (broad SMARTS) is 1. The molecule has 8 heteroatoms. The molecular weight excluding hydrogens is 332 g/mol. The smallest absolute Gasteiger partial charge is 0.308 e. The molecule has 0 saturated carbocycles. The summed E-state index contributed by atoms with van der Waals surface area (Å²) in [5.41, 5.74) is 1.08. The van der Waals surface area contributed by atoms with Crippen LogP contribution in [0, 0.1) is 11.8 Å². The molecule has 1 amide bonds. The molecule has 2 atom stereocenters. The summed E-state index contributed by atoms with van der Waals surface area (Å²) >= 11 is 0. The topological polar surface area (TPSA) is 104 Å². The second-order valence-electron chi connectivity index (χ2n) is 6.43. The van der Waals surface area contributed by atoms with Gasteiger partial charge in [0.05, 0.1) is 18.6 Å². The Morgan fingerprint density at radius 2 is 2.04 bits per heavy atom. The fourth-order valence-electron chi connectivity index (χ4n) is 2.98. The number of amides is 1. The van der Waals surface area contributed by atoms with Crippen LogP contribution < -0.4 is 4.72 Å². The van der Waals surface area contributed by atoms with Gasteiger partial charge in [0.2, 0.25) is 15.9 Å². The fraction of sp³-hybridized carbons (Fsp3) is 0.500. The third-order valence-corrected chi connectivity index (χ3v) is 4.55. The monoisotopic (exact) mass is 354 g/mol. The van der Waals surface area contributed by atoms with E-state index in [1.807, 2.05) is 6.92 Å². The predicted molar refractivity (Wildman–Crippen MR) is 90.1 cm³/mol. The molecular formula is C16H22N2O5S. The number of hydrogen-bond acceptors (Lipinski definition) is 4. The molecule has 7 nitrogen and oxygen atoms in total. The molecule has 24 heavy (non-hydrogen) atoms. The van der Waals surface area contributed by atoms with Crippen molar-refractivity contribution in [1.82, 2.24) is 4.90 Å². The first-order chi connectivity index (χ1) is 11.1. The Kier molecular flexibility index (Phi) is 5.48. The summed E-state index contributed by atoms with van der Waals surface area (Å²) in [6, 6.07) is 6.64. The number of anilines is 1. The molecule has 0 aromatic heterocycles. The van der Waals surface area contributed by atoms with Gasteiger partial charge in [0.1, 0.15) is 0 Å². The standard InChI is InChI=1S/C16H22N2O5S/c1-11-6-13(16(20)21)10-18(9-11)15(19)8-12-4-3-5-14(7-12)17-24(2,22)23/h3-5,7,11,13,17H,6,8-10H2,1-2H3,(H,20,21). The lowest BCUT2D eigenvalue weighted by atomic mass is 9.90. The van der Waals surface area contributed by atoms with E-state index < -0.39 is 21.9 Å². The molecule has 0 radical (unpaired) electrons. The summed E-state index contributed by atoms with van der Waals surface area (Å²) in [5, 5.41) is 9.19. The molecule has 0 spiro atoms. The Bertz CT molecular complexity index is 732. The highest BCUT2D eigenvalue weighted by Crippen LogP contribution is 2.23. The highest BCUT2D eigenvalue weighted by molar-refractivity contribution is 7.92. The van der Waals surface area contributed by atoms with Crippen molar-refractivity contribution in [2.75, 3.05) is 24.1 Å². The molecule has 0 aliphatic carbocycles. The van der Waals surface area contributed by atoms with Crippen molar-refractivity contribution < 1.29 is 23.1 Å². The number of nitrogens with zero attached hydrogens (tertiary/aromatic N) is 1. The molecule has 1 aliphatic rings. The molecule has 1 aromatic rings. The van der Waals surface area contributed by atoms with Crippen molar-refractivity contribution >= 4 is 27.6 Å². The highest BCUT2D eigenvalue weighted by Gasteiger charge is 2.31. The number of rotatable bonds is 5. The van der Waals surface area contributed by atoms with Gasteiger partial charge in [0.15, 0.2) is 0 Å². The summed E-state index contributed by atoms with van der Waals surface area (Å²) < 4.78 is 24.9. The zero-order valence-corrected chi connectivity index (χ0v) is 14.5. The highest BCUT2D eigenvalue weighted by atomic mass is 32.2. The van der Waals surface area contributed by atoms with Gasteiger partial charge in [0, 0.05) is 18.8 Å². The minimum Gasteiger partial charge on any atom is -0.481 e. The van der Waals surface area contributed by atoms with Crippen LogP contribution >= 0.6 is 0 Å². The maximum atomic E-state index is 12.5. The minimum atomic E-state index is -3.38. The lowest BCUT2D eigenvalue weighted by Crippen LogP contribution is -2.46. The Balaban J connectivity index is 2.06. The summed E-state index contributed by atoms with van der Waals surface area (Å²) in [4.78, 5) is 25.3. The second kappa shape index (κ2) is 7.21. The Hall–Kier alpha value is -2.09. The largest absolute Gasteiger partial charge is 0.481 e. The van der Waals surface area contributed by atoms with Crippen molar-refractivity contribution in [3.05, 3.63) is 29.8 Å². The quantitative estimate of drug-likeness (QED) is 0.826. The van der Waals surface area contributed by atoms with Crippen LogP contribution in [0.25, 0.3) is 0 Å². The van der Waals surface area contributed by atoms with E-state index in [-0.39, 0.29) is 24.8 Å². The van der Waals surface area contributed by atoms with Crippen LogP contribution in [0.4, 0.5) is 5.69 Å². The SMILES string of the molecule is CC1CC(C(=O)O)CN(C(=O)Cc2cccc(NS(C)(=O)=O)c2)C1. The first-order valence-electron chi connectivity index (χ1n) is 7.71. The number of nitrogens with one attached hydrogen (secondary N) is 1. The van der Waals surface area contributed by atoms with E-state index >= 15 is 0 Å². The van der Waals surface area contributed by atoms with Gasteiger partial charge in [-0.05, 0) is 30.0 Å². The molecule has 2 rings (SSSR count). The van der Waals surface area contributed by atoms with Crippen molar-refractivity contribution in [1.29, 1.82) is 0 Å². The number of hydrogen-bond donors (Lipinski definition) is 2. The second-order valence-corrected chi connectivity index (χ2v) is 8.17. The summed E-state index contributed by atoms with van der Waals surface area (Å²) in [6.45, 7) is 2.70. The first kappa shape index (κ1) is 18.3. The fourth-order valence-corrected chi connectivity index (χ4v) is 3.53. The van der Waals surface area contributed by atoms with E-state index in [1.54, 1.807) is 29.2 Å². The molecule has 1 aromatic carbocycles. The van der Waals surface area contributed by atoms with Crippen LogP contribution in [0.1, 0.15) is 18.9 Å². The minimum absolute atomic E-state index is 0.109. The van der Waals surface area contributed by atoms with Crippen LogP contribution in [0.5, 0.6) is 0 Å². The van der Waals surface area contributed by atoms with Gasteiger partial charge in [-0.25, -0.2) is 8.42 Å². The van der Waals surface area contributed by atoms with Crippen molar-refractivity contribution in [3.63, 3.8) is 0 Å². The molecule has 1 aliphatic heterocycles. The van der Waals surface area contributed by atoms with Gasteiger partial charge in [0.25, 0.3) is 0 Å². The van der Waals surface area contributed by atoms with Gasteiger partial charge < -0.3 is 10.0 Å². The third kappa shape index (κ3) is 5.23. The first-order valence-corrected chi connectivity index (χ1v) is 9.60. The molecule has 132 valence electrons. The average Bonchev–Trinajstić information content (AvgIpc) is 2.45. The normalized spacial score (nSPS) is 21.3. The van der Waals surface area contributed by atoms with E-state index in [9.17, 15) is 23.1 Å². The maximum absolute atomic E-state index is 12.5. The zero-order chi connectivity index (χ0) is 17.9. The van der Waals surface area contributed by atoms with Crippen molar-refractivity contribution in [2.45, 2.75) is 19.8 Å². The van der Waals surface area contributed by atoms with Crippen molar-refractivity contribution in [3.8, 4) is 0 Å². The van der Waals surface area contributed by atoms with Gasteiger partial charge >= 0.3 is 5.97 Å². The predicted octanol–water partition coefficient (Wildman–Crippen LogP) is 1.17. The van der Waals surface area contributed by atoms with Crippen LogP contribution in [0.3, 0.4) is 0 Å². The van der Waals surface area contributed by atoms with Gasteiger partial charge in [-0.15, -0.1) is 0 Å². The molecule has 1 heterocycles. The number of benzene rings is 1. The summed E-state index contributed by atoms with van der Waals surface area (Å²) in [7, 11) is -3.38. The van der Waals surface area contributed by atoms with E-state index in [0.717, 1.165) is 6.26 Å². The molecule has 2 N–H and O–H groups in total. The third-order valence-electron chi connectivity index (χ3n) is 3.95. The van der Waals surface area contributed by atoms with Crippen LogP contribution in [0.15, 0.2) is 24.3 Å². The van der Waals surface area contributed by atoms with Gasteiger partial charge in [-0.1, -0.05) is 19.1 Å². The van der Waals surface area contributed by atoms with E-state index in [1.165, 1.54) is 0 Å². The Labute approximate surface area is 141 Å². The molecule has 2 unspecified atom stereocenters. The number of likely N-dealkylation sites (tertiary alicyclic amines) is 1. The molecule has 0 bridgehead atoms. The van der Waals surface area contributed by atoms with Crippen LogP contribution in [-0.2, 0) is 26.0 Å². The maximum Gasteiger partial charge on any atom is 0.308 e. The van der Waals surface area contributed by atoms with Crippen LogP contribution in [0.2, 0.25) is 0 Å². The lowest BCUT2D eigenvalue weighted by Gasteiger charge is -2.34. The average molecular weight is 354 g/mol. The number of carbonyl (C=O) groups is 2. The van der Waals surface area contributed by atoms with E-state index in [2.05, 4.69) is 4.72 Å². The van der Waals surface area contributed by atoms with E-state index in [0.29, 0.717) is 24.2 Å². The zero-order valence-electron chi connectivity index (χ0n) is 13.7. The van der Waals surface area contributed by atoms with Gasteiger partial charge in [-0.3, -0.25) is 14.3 Å². The van der Waals surface area contributed by atoms with Crippen LogP contribution in [-0.4, -0.2) is 49.6 Å². The number of carboxylic acids is 1. The number of carbonyl (C=O) groups excluding carboxylic acids is 1. The molecule has 1 fully saturated rings. The Morgan fingerprint density at radius 1 is 1.33 bits per heavy atom. The van der Waals surface area contributed by atoms with Gasteiger partial charge in [-0.2, -0.15) is 0 Å². The Morgan fingerprint density at radius 3 is 2.67 bits per heavy atom. The number of aliphatic carboxylic acids is 1. The number of sulfonamides is 1. The van der Waals surface area contributed by atoms with E-state index in [4.69, 9.17) is 0 Å². The van der Waals surface area contributed by atoms with Crippen molar-refractivity contribution in [2.24, 2.45) is 11.8 Å². The summed E-state index contributed by atoms with van der Waals surface area (Å²) in [6.07, 6.45) is 1.75. The summed E-state index contributed by atoms with van der Waals surface area (Å²) in [5.74, 6) is -1.42. The lowest BCUT2D eigenvalue weighted by molar-refractivity contribution is -0.146. The molecule has 1 saturated heterocycles.